The number of aromatic nitrogens is 1. The van der Waals surface area contributed by atoms with Gasteiger partial charge in [-0.2, -0.15) is 0 Å². The van der Waals surface area contributed by atoms with Gasteiger partial charge in [0.2, 0.25) is 21.8 Å². The smallest absolute Gasteiger partial charge is 0.240 e. The van der Waals surface area contributed by atoms with Crippen molar-refractivity contribution in [3.05, 3.63) is 54.4 Å². The Balaban J connectivity index is 1.74. The van der Waals surface area contributed by atoms with Gasteiger partial charge in [0.05, 0.1) is 4.90 Å². The quantitative estimate of drug-likeness (QED) is 0.592. The molecule has 144 valence electrons. The van der Waals surface area contributed by atoms with Gasteiger partial charge in [-0.05, 0) is 36.4 Å². The first-order valence-corrected chi connectivity index (χ1v) is 9.89. The van der Waals surface area contributed by atoms with E-state index in [0.29, 0.717) is 18.7 Å². The van der Waals surface area contributed by atoms with Crippen molar-refractivity contribution in [3.8, 4) is 0 Å². The molecule has 2 rings (SSSR count). The molecule has 0 spiro atoms. The molecule has 0 aliphatic heterocycles. The molecule has 1 heterocycles. The van der Waals surface area contributed by atoms with Crippen LogP contribution >= 0.6 is 0 Å². The number of amides is 2. The van der Waals surface area contributed by atoms with E-state index in [1.54, 1.807) is 6.20 Å². The molecule has 0 fully saturated rings. The maximum absolute atomic E-state index is 12.2. The Morgan fingerprint density at radius 3 is 2.41 bits per heavy atom. The standard InChI is InChI=1S/C18H22N4O4S/c1-14(23)22-16-5-7-17(8-6-16)27(25,26)21-13-10-18(24)20-12-9-15-4-2-3-11-19-15/h2-8,11,21H,9-10,12-13H2,1H3,(H,20,24)(H,22,23). The molecule has 1 aromatic heterocycles. The maximum atomic E-state index is 12.2. The highest BCUT2D eigenvalue weighted by Crippen LogP contribution is 2.13. The summed E-state index contributed by atoms with van der Waals surface area (Å²) in [5.74, 6) is -0.479. The first kappa shape index (κ1) is 20.5. The van der Waals surface area contributed by atoms with Gasteiger partial charge in [-0.1, -0.05) is 6.07 Å². The van der Waals surface area contributed by atoms with Crippen LogP contribution in [0, 0.1) is 0 Å². The molecule has 2 aromatic rings. The van der Waals surface area contributed by atoms with E-state index in [2.05, 4.69) is 20.3 Å². The van der Waals surface area contributed by atoms with Crippen LogP contribution in [0.1, 0.15) is 19.0 Å². The van der Waals surface area contributed by atoms with Crippen LogP contribution in [0.15, 0.2) is 53.6 Å². The minimum Gasteiger partial charge on any atom is -0.356 e. The Kier molecular flexibility index (Phi) is 7.44. The van der Waals surface area contributed by atoms with Gasteiger partial charge in [-0.3, -0.25) is 14.6 Å². The molecule has 0 aliphatic carbocycles. The number of hydrogen-bond acceptors (Lipinski definition) is 5. The number of benzene rings is 1. The topological polar surface area (TPSA) is 117 Å². The third kappa shape index (κ3) is 7.16. The zero-order valence-electron chi connectivity index (χ0n) is 14.9. The lowest BCUT2D eigenvalue weighted by Gasteiger charge is -2.08. The van der Waals surface area contributed by atoms with E-state index in [1.807, 2.05) is 18.2 Å². The highest BCUT2D eigenvalue weighted by atomic mass is 32.2. The number of nitrogens with zero attached hydrogens (tertiary/aromatic N) is 1. The first-order valence-electron chi connectivity index (χ1n) is 8.41. The fourth-order valence-corrected chi connectivity index (χ4v) is 3.30. The van der Waals surface area contributed by atoms with Gasteiger partial charge in [0.1, 0.15) is 0 Å². The number of rotatable bonds is 9. The number of pyridine rings is 1. The van der Waals surface area contributed by atoms with E-state index in [0.717, 1.165) is 5.69 Å². The van der Waals surface area contributed by atoms with Crippen LogP contribution in [0.3, 0.4) is 0 Å². The third-order valence-corrected chi connectivity index (χ3v) is 5.04. The highest BCUT2D eigenvalue weighted by molar-refractivity contribution is 7.89. The molecule has 0 unspecified atom stereocenters. The van der Waals surface area contributed by atoms with Gasteiger partial charge in [0.25, 0.3) is 0 Å². The summed E-state index contributed by atoms with van der Waals surface area (Å²) in [6.07, 6.45) is 2.33. The molecule has 2 amide bonds. The minimum atomic E-state index is -3.72. The minimum absolute atomic E-state index is 0.00873. The van der Waals surface area contributed by atoms with Crippen LogP contribution in [0.2, 0.25) is 0 Å². The predicted molar refractivity (Wildman–Crippen MR) is 102 cm³/mol. The summed E-state index contributed by atoms with van der Waals surface area (Å²) in [6, 6.07) is 11.3. The van der Waals surface area contributed by atoms with Crippen molar-refractivity contribution in [2.75, 3.05) is 18.4 Å². The van der Waals surface area contributed by atoms with Gasteiger partial charge in [0.15, 0.2) is 0 Å². The van der Waals surface area contributed by atoms with Gasteiger partial charge in [0, 0.05) is 50.4 Å². The SMILES string of the molecule is CC(=O)Nc1ccc(S(=O)(=O)NCCC(=O)NCCc2ccccn2)cc1. The normalized spacial score (nSPS) is 11.0. The molecule has 0 saturated heterocycles. The summed E-state index contributed by atoms with van der Waals surface area (Å²) in [6.45, 7) is 1.80. The maximum Gasteiger partial charge on any atom is 0.240 e. The van der Waals surface area contributed by atoms with E-state index in [1.165, 1.54) is 31.2 Å². The lowest BCUT2D eigenvalue weighted by atomic mass is 10.2. The molecule has 27 heavy (non-hydrogen) atoms. The molecular weight excluding hydrogens is 368 g/mol. The van der Waals surface area contributed by atoms with E-state index in [-0.39, 0.29) is 29.7 Å². The lowest BCUT2D eigenvalue weighted by Crippen LogP contribution is -2.31. The van der Waals surface area contributed by atoms with Crippen molar-refractivity contribution in [3.63, 3.8) is 0 Å². The molecule has 0 radical (unpaired) electrons. The van der Waals surface area contributed by atoms with Crippen LogP contribution in [0.5, 0.6) is 0 Å². The Morgan fingerprint density at radius 2 is 1.78 bits per heavy atom. The second-order valence-electron chi connectivity index (χ2n) is 5.77. The molecule has 0 bridgehead atoms. The fourth-order valence-electron chi connectivity index (χ4n) is 2.27. The van der Waals surface area contributed by atoms with Gasteiger partial charge < -0.3 is 10.6 Å². The number of carbonyl (C=O) groups excluding carboxylic acids is 2. The Morgan fingerprint density at radius 1 is 1.04 bits per heavy atom. The molecular formula is C18H22N4O4S. The summed E-state index contributed by atoms with van der Waals surface area (Å²) < 4.78 is 26.8. The van der Waals surface area contributed by atoms with Gasteiger partial charge >= 0.3 is 0 Å². The van der Waals surface area contributed by atoms with Crippen LogP contribution in [-0.2, 0) is 26.0 Å². The number of anilines is 1. The van der Waals surface area contributed by atoms with Crippen LogP contribution < -0.4 is 15.4 Å². The van der Waals surface area contributed by atoms with Gasteiger partial charge in [-0.25, -0.2) is 13.1 Å². The van der Waals surface area contributed by atoms with Crippen LogP contribution in [0.4, 0.5) is 5.69 Å². The average molecular weight is 390 g/mol. The Hall–Kier alpha value is -2.78. The molecule has 0 saturated carbocycles. The van der Waals surface area contributed by atoms with Crippen LogP contribution in [-0.4, -0.2) is 38.3 Å². The number of hydrogen-bond donors (Lipinski definition) is 3. The lowest BCUT2D eigenvalue weighted by molar-refractivity contribution is -0.121. The van der Waals surface area contributed by atoms with Crippen molar-refractivity contribution >= 4 is 27.5 Å². The molecule has 0 atom stereocenters. The van der Waals surface area contributed by atoms with Crippen molar-refractivity contribution in [1.82, 2.24) is 15.0 Å². The second kappa shape index (κ2) is 9.79. The summed E-state index contributed by atoms with van der Waals surface area (Å²) in [5.41, 5.74) is 1.38. The molecule has 8 nitrogen and oxygen atoms in total. The molecule has 0 aliphatic rings. The monoisotopic (exact) mass is 390 g/mol. The largest absolute Gasteiger partial charge is 0.356 e. The van der Waals surface area contributed by atoms with Crippen molar-refractivity contribution < 1.29 is 18.0 Å². The van der Waals surface area contributed by atoms with E-state index < -0.39 is 10.0 Å². The fraction of sp³-hybridized carbons (Fsp3) is 0.278. The molecule has 1 aromatic carbocycles. The van der Waals surface area contributed by atoms with E-state index in [9.17, 15) is 18.0 Å². The van der Waals surface area contributed by atoms with Crippen molar-refractivity contribution in [1.29, 1.82) is 0 Å². The highest BCUT2D eigenvalue weighted by Gasteiger charge is 2.14. The van der Waals surface area contributed by atoms with E-state index >= 15 is 0 Å². The van der Waals surface area contributed by atoms with Gasteiger partial charge in [-0.15, -0.1) is 0 Å². The predicted octanol–water partition coefficient (Wildman–Crippen LogP) is 1.07. The Bertz CT molecular complexity index is 868. The summed E-state index contributed by atoms with van der Waals surface area (Å²) in [7, 11) is -3.72. The third-order valence-electron chi connectivity index (χ3n) is 3.56. The second-order valence-corrected chi connectivity index (χ2v) is 7.54. The van der Waals surface area contributed by atoms with Crippen molar-refractivity contribution in [2.45, 2.75) is 24.7 Å². The van der Waals surface area contributed by atoms with Crippen LogP contribution in [0.25, 0.3) is 0 Å². The summed E-state index contributed by atoms with van der Waals surface area (Å²) in [4.78, 5) is 27.0. The zero-order valence-corrected chi connectivity index (χ0v) is 15.8. The van der Waals surface area contributed by atoms with E-state index in [4.69, 9.17) is 0 Å². The average Bonchev–Trinajstić information content (AvgIpc) is 2.62. The first-order chi connectivity index (χ1) is 12.9. The summed E-state index contributed by atoms with van der Waals surface area (Å²) in [5, 5.41) is 5.29. The van der Waals surface area contributed by atoms with Crippen molar-refractivity contribution in [2.24, 2.45) is 0 Å². The Labute approximate surface area is 158 Å². The summed E-state index contributed by atoms with van der Waals surface area (Å²) >= 11 is 0. The molecule has 3 N–H and O–H groups in total. The number of nitrogens with one attached hydrogen (secondary N) is 3. The molecule has 9 heteroatoms. The number of sulfonamides is 1. The number of carbonyl (C=O) groups is 2. The zero-order chi connectivity index (χ0) is 19.7.